The Kier molecular flexibility index (Phi) is 8.00. The Morgan fingerprint density at radius 3 is 1.83 bits per heavy atom. The molecule has 0 aliphatic heterocycles. The lowest BCUT2D eigenvalue weighted by atomic mass is 9.95. The average Bonchev–Trinajstić information content (AvgIpc) is 2.34. The third-order valence-electron chi connectivity index (χ3n) is 2.42. The number of hydrogen-bond donors (Lipinski definition) is 6. The van der Waals surface area contributed by atoms with Crippen molar-refractivity contribution in [3.05, 3.63) is 0 Å². The van der Waals surface area contributed by atoms with Crippen LogP contribution in [0.1, 0.15) is 6.92 Å². The van der Waals surface area contributed by atoms with Crippen LogP contribution in [0.4, 0.5) is 0 Å². The monoisotopic (exact) mass is 286 g/mol. The smallest absolute Gasteiger partial charge is 0.189 e. The number of hydrogen-bond acceptors (Lipinski definition) is 8. The molecule has 0 saturated heterocycles. The maximum absolute atomic E-state index is 11.2. The zero-order chi connectivity index (χ0) is 14.5. The van der Waals surface area contributed by atoms with Crippen LogP contribution in [0.3, 0.4) is 0 Å². The van der Waals surface area contributed by atoms with Crippen molar-refractivity contribution >= 4 is 15.2 Å². The van der Waals surface area contributed by atoms with E-state index in [1.54, 1.807) is 9.47 Å². The van der Waals surface area contributed by atoms with E-state index in [-0.39, 0.29) is 0 Å². The molecule has 6 N–H and O–H groups in total. The lowest BCUT2D eigenvalue weighted by Gasteiger charge is -2.29. The van der Waals surface area contributed by atoms with Gasteiger partial charge in [0.15, 0.2) is 5.78 Å². The first kappa shape index (κ1) is 17.8. The van der Waals surface area contributed by atoms with Crippen LogP contribution < -0.4 is 0 Å². The molecule has 0 fully saturated rings. The summed E-state index contributed by atoms with van der Waals surface area (Å²) in [6.45, 7) is 0.654. The van der Waals surface area contributed by atoms with Gasteiger partial charge in [0.2, 0.25) is 0 Å². The zero-order valence-electron chi connectivity index (χ0n) is 9.75. The summed E-state index contributed by atoms with van der Waals surface area (Å²) in [4.78, 5) is 11.2. The first-order valence-electron chi connectivity index (χ1n) is 5.16. The lowest BCUT2D eigenvalue weighted by Crippen LogP contribution is -2.53. The van der Waals surface area contributed by atoms with Crippen molar-refractivity contribution in [2.75, 3.05) is 6.61 Å². The van der Waals surface area contributed by atoms with Gasteiger partial charge >= 0.3 is 0 Å². The summed E-state index contributed by atoms with van der Waals surface area (Å²) in [7, 11) is 1.77. The lowest BCUT2D eigenvalue weighted by molar-refractivity contribution is -0.161. The Morgan fingerprint density at radius 2 is 1.44 bits per heavy atom. The van der Waals surface area contributed by atoms with Crippen molar-refractivity contribution in [1.82, 2.24) is 0 Å². The predicted molar refractivity (Wildman–Crippen MR) is 62.4 cm³/mol. The first-order chi connectivity index (χ1) is 8.23. The van der Waals surface area contributed by atoms with Gasteiger partial charge in [0, 0.05) is 9.47 Å². The maximum atomic E-state index is 11.2. The number of carbonyl (C=O) groups is 1. The Hall–Kier alpha value is -0.180. The summed E-state index contributed by atoms with van der Waals surface area (Å²) in [6.07, 6.45) is -11.0. The predicted octanol–water partition coefficient (Wildman–Crippen LogP) is -3.45. The van der Waals surface area contributed by atoms with Crippen LogP contribution in [0.5, 0.6) is 0 Å². The molecule has 108 valence electrons. The largest absolute Gasteiger partial charge is 0.391 e. The standard InChI is InChI=1S/C9H19O8P/c1-3(10)5(12)7(14)9(16)8(15)6(13)4(11)2-17-18/h3,5-10,12-16H,2,18H2,1H3. The van der Waals surface area contributed by atoms with E-state index in [0.29, 0.717) is 0 Å². The van der Waals surface area contributed by atoms with Crippen LogP contribution in [0.15, 0.2) is 0 Å². The molecule has 0 aliphatic carbocycles. The van der Waals surface area contributed by atoms with Gasteiger partial charge < -0.3 is 35.2 Å². The second-order valence-corrected chi connectivity index (χ2v) is 4.26. The van der Waals surface area contributed by atoms with E-state index in [1.165, 1.54) is 0 Å². The van der Waals surface area contributed by atoms with Crippen LogP contribution in [-0.2, 0) is 9.32 Å². The molecule has 18 heavy (non-hydrogen) atoms. The number of ketones is 1. The van der Waals surface area contributed by atoms with Gasteiger partial charge in [-0.1, -0.05) is 0 Å². The fourth-order valence-electron chi connectivity index (χ4n) is 1.23. The van der Waals surface area contributed by atoms with Gasteiger partial charge in [0.05, 0.1) is 6.10 Å². The number of Topliss-reactive ketones (excluding diaryl/α,β-unsaturated/α-hetero) is 1. The van der Waals surface area contributed by atoms with Gasteiger partial charge in [-0.2, -0.15) is 0 Å². The Labute approximate surface area is 106 Å². The molecule has 0 amide bonds. The molecule has 0 aromatic heterocycles. The minimum absolute atomic E-state index is 0.509. The van der Waals surface area contributed by atoms with Crippen molar-refractivity contribution in [2.24, 2.45) is 0 Å². The van der Waals surface area contributed by atoms with Gasteiger partial charge in [0.25, 0.3) is 0 Å². The molecule has 7 unspecified atom stereocenters. The molecule has 0 radical (unpaired) electrons. The summed E-state index contributed by atoms with van der Waals surface area (Å²) in [5.74, 6) is -0.907. The highest BCUT2D eigenvalue weighted by Crippen LogP contribution is 2.11. The molecule has 0 rings (SSSR count). The molecular formula is C9H19O8P. The number of carbonyl (C=O) groups excluding carboxylic acids is 1. The number of aliphatic hydroxyl groups excluding tert-OH is 6. The first-order valence-corrected chi connectivity index (χ1v) is 5.64. The highest BCUT2D eigenvalue weighted by atomic mass is 31.0. The summed E-state index contributed by atoms with van der Waals surface area (Å²) in [5.41, 5.74) is 0. The average molecular weight is 286 g/mol. The number of aliphatic hydroxyl groups is 6. The highest BCUT2D eigenvalue weighted by molar-refractivity contribution is 7.09. The molecule has 0 aliphatic rings. The van der Waals surface area contributed by atoms with Crippen LogP contribution in [-0.4, -0.2) is 79.7 Å². The van der Waals surface area contributed by atoms with Crippen LogP contribution in [0, 0.1) is 0 Å². The Balaban J connectivity index is 4.57. The fraction of sp³-hybridized carbons (Fsp3) is 0.889. The molecule has 8 nitrogen and oxygen atoms in total. The van der Waals surface area contributed by atoms with Crippen LogP contribution in [0.2, 0.25) is 0 Å². The van der Waals surface area contributed by atoms with Gasteiger partial charge in [0.1, 0.15) is 37.1 Å². The van der Waals surface area contributed by atoms with E-state index in [2.05, 4.69) is 4.52 Å². The highest BCUT2D eigenvalue weighted by Gasteiger charge is 2.38. The van der Waals surface area contributed by atoms with Crippen molar-refractivity contribution < 1.29 is 40.0 Å². The molecule has 0 spiro atoms. The molecule has 0 heterocycles. The van der Waals surface area contributed by atoms with Gasteiger partial charge in [-0.25, -0.2) is 0 Å². The molecule has 0 saturated carbocycles. The quantitative estimate of drug-likeness (QED) is 0.252. The molecule has 0 aromatic rings. The summed E-state index contributed by atoms with van der Waals surface area (Å²) in [6, 6.07) is 0. The molecule has 0 bridgehead atoms. The maximum Gasteiger partial charge on any atom is 0.189 e. The van der Waals surface area contributed by atoms with Crippen LogP contribution in [0.25, 0.3) is 0 Å². The Bertz CT molecular complexity index is 261. The van der Waals surface area contributed by atoms with E-state index in [1.807, 2.05) is 0 Å². The van der Waals surface area contributed by atoms with Crippen molar-refractivity contribution in [1.29, 1.82) is 0 Å². The third kappa shape index (κ3) is 4.83. The van der Waals surface area contributed by atoms with Gasteiger partial charge in [-0.15, -0.1) is 0 Å². The van der Waals surface area contributed by atoms with E-state index < -0.39 is 49.0 Å². The topological polar surface area (TPSA) is 148 Å². The van der Waals surface area contributed by atoms with Gasteiger partial charge in [-0.05, 0) is 6.92 Å². The van der Waals surface area contributed by atoms with Gasteiger partial charge in [-0.3, -0.25) is 4.79 Å². The van der Waals surface area contributed by atoms with E-state index in [0.717, 1.165) is 6.92 Å². The van der Waals surface area contributed by atoms with Crippen molar-refractivity contribution in [3.8, 4) is 0 Å². The normalized spacial score (nSPS) is 21.8. The molecule has 7 atom stereocenters. The molecule has 9 heteroatoms. The van der Waals surface area contributed by atoms with Crippen molar-refractivity contribution in [3.63, 3.8) is 0 Å². The zero-order valence-corrected chi connectivity index (χ0v) is 10.9. The summed E-state index contributed by atoms with van der Waals surface area (Å²) in [5, 5.41) is 55.9. The summed E-state index contributed by atoms with van der Waals surface area (Å²) < 4.78 is 4.36. The third-order valence-corrected chi connectivity index (χ3v) is 2.59. The van der Waals surface area contributed by atoms with Crippen molar-refractivity contribution in [2.45, 2.75) is 43.5 Å². The fourth-order valence-corrected chi connectivity index (χ4v) is 1.40. The second-order valence-electron chi connectivity index (χ2n) is 3.93. The SMILES string of the molecule is CC(O)C(O)C(O)C(O)C(O)C(O)C(=O)COP. The van der Waals surface area contributed by atoms with E-state index in [9.17, 15) is 30.3 Å². The second kappa shape index (κ2) is 8.08. The van der Waals surface area contributed by atoms with E-state index >= 15 is 0 Å². The number of rotatable bonds is 8. The van der Waals surface area contributed by atoms with E-state index in [4.69, 9.17) is 5.11 Å². The van der Waals surface area contributed by atoms with Crippen LogP contribution >= 0.6 is 9.47 Å². The molecular weight excluding hydrogens is 267 g/mol. The minimum atomic E-state index is -2.01. The minimum Gasteiger partial charge on any atom is -0.391 e. The molecule has 0 aromatic carbocycles. The Morgan fingerprint density at radius 1 is 1.00 bits per heavy atom. The summed E-state index contributed by atoms with van der Waals surface area (Å²) >= 11 is 0.